The van der Waals surface area contributed by atoms with E-state index in [0.717, 1.165) is 12.8 Å². The number of ether oxygens (including phenoxy) is 4. The van der Waals surface area contributed by atoms with Crippen molar-refractivity contribution < 1.29 is 32.8 Å². The maximum Gasteiger partial charge on any atom is 0.200 e. The molecule has 0 amide bonds. The van der Waals surface area contributed by atoms with Gasteiger partial charge in [0.05, 0.1) is 25.9 Å². The van der Waals surface area contributed by atoms with Crippen molar-refractivity contribution in [3.8, 4) is 5.75 Å². The van der Waals surface area contributed by atoms with Crippen LogP contribution in [0.25, 0.3) is 0 Å². The summed E-state index contributed by atoms with van der Waals surface area (Å²) in [4.78, 5) is 0. The Morgan fingerprint density at radius 1 is 1.15 bits per heavy atom. The van der Waals surface area contributed by atoms with E-state index in [9.17, 15) is 13.9 Å². The molecule has 0 spiro atoms. The predicted octanol–water partition coefficient (Wildman–Crippen LogP) is 5.37. The molecule has 1 N–H and O–H groups in total. The number of rotatable bonds is 10. The van der Waals surface area contributed by atoms with Crippen LogP contribution in [-0.2, 0) is 26.4 Å². The highest BCUT2D eigenvalue weighted by molar-refractivity contribution is 6.31. The fourth-order valence-corrected chi connectivity index (χ4v) is 4.31. The standard InChI is InChI=1S/C25H31ClF2O5/c1-4-5-10-32-19-13-20(15-29)33-25(14-19,31-3)18-7-8-21(26)17(12-18)11-16-6-9-22(30-2)24(28)23(16)27/h6-9,12,19-20,29H,4-5,10-11,13-15H2,1-3H3/t19-,20-,25+/m0/s1. The largest absolute Gasteiger partial charge is 0.494 e. The lowest BCUT2D eigenvalue weighted by atomic mass is 9.90. The Morgan fingerprint density at radius 3 is 2.61 bits per heavy atom. The monoisotopic (exact) mass is 484 g/mol. The maximum atomic E-state index is 14.6. The van der Waals surface area contributed by atoms with Gasteiger partial charge in [-0.1, -0.05) is 37.1 Å². The van der Waals surface area contributed by atoms with E-state index >= 15 is 0 Å². The fraction of sp³-hybridized carbons (Fsp3) is 0.520. The van der Waals surface area contributed by atoms with Crippen LogP contribution in [0.1, 0.15) is 49.3 Å². The number of methoxy groups -OCH3 is 2. The van der Waals surface area contributed by atoms with Crippen LogP contribution in [0.5, 0.6) is 5.75 Å². The molecule has 1 heterocycles. The molecule has 3 rings (SSSR count). The highest BCUT2D eigenvalue weighted by Crippen LogP contribution is 2.41. The molecule has 0 unspecified atom stereocenters. The molecule has 1 aliphatic heterocycles. The number of hydrogen-bond donors (Lipinski definition) is 1. The Bertz CT molecular complexity index is 941. The summed E-state index contributed by atoms with van der Waals surface area (Å²) in [5.41, 5.74) is 1.41. The van der Waals surface area contributed by atoms with E-state index in [1.165, 1.54) is 26.4 Å². The fourth-order valence-electron chi connectivity index (χ4n) is 4.13. The third kappa shape index (κ3) is 5.84. The number of hydrogen-bond acceptors (Lipinski definition) is 5. The van der Waals surface area contributed by atoms with Gasteiger partial charge in [0, 0.05) is 43.6 Å². The normalized spacial score (nSPS) is 23.0. The van der Waals surface area contributed by atoms with Crippen LogP contribution in [-0.4, -0.2) is 44.7 Å². The summed E-state index contributed by atoms with van der Waals surface area (Å²) in [5, 5.41) is 10.2. The molecule has 0 bridgehead atoms. The average Bonchev–Trinajstić information content (AvgIpc) is 2.83. The van der Waals surface area contributed by atoms with E-state index in [4.69, 9.17) is 30.5 Å². The number of aliphatic hydroxyl groups is 1. The molecule has 3 atom stereocenters. The summed E-state index contributed by atoms with van der Waals surface area (Å²) in [6.07, 6.45) is 2.39. The van der Waals surface area contributed by atoms with Gasteiger partial charge in [-0.05, 0) is 35.7 Å². The van der Waals surface area contributed by atoms with Gasteiger partial charge in [0.2, 0.25) is 5.82 Å². The van der Waals surface area contributed by atoms with E-state index in [1.54, 1.807) is 18.2 Å². The second-order valence-electron chi connectivity index (χ2n) is 8.20. The molecule has 0 aliphatic carbocycles. The molecular formula is C25H31ClF2O5. The average molecular weight is 485 g/mol. The lowest BCUT2D eigenvalue weighted by Gasteiger charge is -2.43. The molecule has 0 aromatic heterocycles. The predicted molar refractivity (Wildman–Crippen MR) is 122 cm³/mol. The van der Waals surface area contributed by atoms with Crippen LogP contribution < -0.4 is 4.74 Å². The summed E-state index contributed by atoms with van der Waals surface area (Å²) in [7, 11) is 2.82. The van der Waals surface area contributed by atoms with Crippen LogP contribution >= 0.6 is 11.6 Å². The topological polar surface area (TPSA) is 57.2 Å². The molecule has 1 saturated heterocycles. The molecule has 5 nitrogen and oxygen atoms in total. The van der Waals surface area contributed by atoms with Crippen molar-refractivity contribution in [1.82, 2.24) is 0 Å². The van der Waals surface area contributed by atoms with Crippen LogP contribution in [0.2, 0.25) is 5.02 Å². The van der Waals surface area contributed by atoms with Gasteiger partial charge in [-0.25, -0.2) is 4.39 Å². The van der Waals surface area contributed by atoms with Crippen LogP contribution in [0, 0.1) is 11.6 Å². The second-order valence-corrected chi connectivity index (χ2v) is 8.61. The number of aliphatic hydroxyl groups excluding tert-OH is 1. The number of halogens is 3. The highest BCUT2D eigenvalue weighted by atomic mass is 35.5. The van der Waals surface area contributed by atoms with Gasteiger partial charge < -0.3 is 24.1 Å². The molecule has 182 valence electrons. The first kappa shape index (κ1) is 25.8. The zero-order chi connectivity index (χ0) is 24.0. The Balaban J connectivity index is 1.92. The molecule has 1 fully saturated rings. The minimum absolute atomic E-state index is 0.0685. The van der Waals surface area contributed by atoms with Crippen molar-refractivity contribution in [2.75, 3.05) is 27.4 Å². The van der Waals surface area contributed by atoms with Crippen LogP contribution in [0.4, 0.5) is 8.78 Å². The Kier molecular flexibility index (Phi) is 9.07. The Labute approximate surface area is 198 Å². The smallest absolute Gasteiger partial charge is 0.200 e. The van der Waals surface area contributed by atoms with Crippen molar-refractivity contribution in [3.05, 3.63) is 63.7 Å². The van der Waals surface area contributed by atoms with Crippen molar-refractivity contribution in [2.45, 2.75) is 57.0 Å². The summed E-state index contributed by atoms with van der Waals surface area (Å²) in [6, 6.07) is 8.10. The quantitative estimate of drug-likeness (QED) is 0.459. The van der Waals surface area contributed by atoms with E-state index in [-0.39, 0.29) is 30.4 Å². The maximum absolute atomic E-state index is 14.6. The first-order chi connectivity index (χ1) is 15.9. The van der Waals surface area contributed by atoms with Crippen molar-refractivity contribution in [2.24, 2.45) is 0 Å². The molecule has 2 aromatic carbocycles. The highest BCUT2D eigenvalue weighted by Gasteiger charge is 2.44. The van der Waals surface area contributed by atoms with Gasteiger partial charge in [0.1, 0.15) is 0 Å². The number of benzene rings is 2. The van der Waals surface area contributed by atoms with Gasteiger partial charge in [-0.15, -0.1) is 0 Å². The Morgan fingerprint density at radius 2 is 1.94 bits per heavy atom. The molecule has 33 heavy (non-hydrogen) atoms. The van der Waals surface area contributed by atoms with Crippen molar-refractivity contribution in [3.63, 3.8) is 0 Å². The first-order valence-corrected chi connectivity index (χ1v) is 11.5. The Hall–Kier alpha value is -1.77. The van der Waals surface area contributed by atoms with E-state index in [0.29, 0.717) is 35.6 Å². The zero-order valence-electron chi connectivity index (χ0n) is 19.2. The summed E-state index contributed by atoms with van der Waals surface area (Å²) in [6.45, 7) is 2.54. The zero-order valence-corrected chi connectivity index (χ0v) is 20.0. The third-order valence-electron chi connectivity index (χ3n) is 5.98. The summed E-state index contributed by atoms with van der Waals surface area (Å²) in [5.74, 6) is -3.33. The lowest BCUT2D eigenvalue weighted by Crippen LogP contribution is -2.47. The second kappa shape index (κ2) is 11.6. The van der Waals surface area contributed by atoms with E-state index in [2.05, 4.69) is 6.92 Å². The van der Waals surface area contributed by atoms with Gasteiger partial charge in [0.15, 0.2) is 17.4 Å². The lowest BCUT2D eigenvalue weighted by molar-refractivity contribution is -0.302. The van der Waals surface area contributed by atoms with E-state index < -0.39 is 23.5 Å². The molecule has 2 aromatic rings. The van der Waals surface area contributed by atoms with E-state index in [1.807, 2.05) is 0 Å². The molecular weight excluding hydrogens is 454 g/mol. The van der Waals surface area contributed by atoms with Gasteiger partial charge >= 0.3 is 0 Å². The summed E-state index contributed by atoms with van der Waals surface area (Å²) < 4.78 is 51.6. The van der Waals surface area contributed by atoms with Gasteiger partial charge in [0.25, 0.3) is 0 Å². The van der Waals surface area contributed by atoms with Crippen LogP contribution in [0.3, 0.4) is 0 Å². The minimum Gasteiger partial charge on any atom is -0.494 e. The first-order valence-electron chi connectivity index (χ1n) is 11.1. The minimum atomic E-state index is -1.16. The van der Waals surface area contributed by atoms with Gasteiger partial charge in [-0.3, -0.25) is 0 Å². The van der Waals surface area contributed by atoms with Crippen LogP contribution in [0.15, 0.2) is 30.3 Å². The third-order valence-corrected chi connectivity index (χ3v) is 6.35. The molecule has 8 heteroatoms. The molecule has 0 saturated carbocycles. The van der Waals surface area contributed by atoms with Crippen molar-refractivity contribution in [1.29, 1.82) is 0 Å². The molecule has 0 radical (unpaired) electrons. The molecule has 1 aliphatic rings. The van der Waals surface area contributed by atoms with Gasteiger partial charge in [-0.2, -0.15) is 4.39 Å². The van der Waals surface area contributed by atoms with Crippen molar-refractivity contribution >= 4 is 11.6 Å². The number of unbranched alkanes of at least 4 members (excludes halogenated alkanes) is 1. The summed E-state index contributed by atoms with van der Waals surface area (Å²) >= 11 is 6.41. The SMILES string of the molecule is CCCCO[C@H]1C[C@@H](CO)O[C@@](OC)(c2ccc(Cl)c(Cc3ccc(OC)c(F)c3F)c2)C1.